The smallest absolute Gasteiger partial charge is 0.276 e. The average Bonchev–Trinajstić information content (AvgIpc) is 2.90. The minimum atomic E-state index is -0.222. The van der Waals surface area contributed by atoms with Gasteiger partial charge in [0.1, 0.15) is 0 Å². The zero-order valence-electron chi connectivity index (χ0n) is 12.9. The molecule has 0 saturated carbocycles. The van der Waals surface area contributed by atoms with E-state index in [1.54, 1.807) is 12.3 Å². The minimum absolute atomic E-state index is 0.222. The summed E-state index contributed by atoms with van der Waals surface area (Å²) in [6, 6.07) is 11.6. The number of aromatic nitrogens is 3. The van der Waals surface area contributed by atoms with Gasteiger partial charge in [-0.25, -0.2) is 0 Å². The molecule has 22 heavy (non-hydrogen) atoms. The number of hydrogen-bond donors (Lipinski definition) is 1. The first-order valence-electron chi connectivity index (χ1n) is 7.27. The molecule has 3 rings (SSSR count). The molecule has 0 aliphatic carbocycles. The number of fused-ring (bicyclic) bond motifs is 1. The normalized spacial score (nSPS) is 11.1. The molecule has 0 spiro atoms. The minimum Gasteiger partial charge on any atom is -0.319 e. The molecule has 1 aromatic carbocycles. The maximum Gasteiger partial charge on any atom is 0.276 e. The predicted molar refractivity (Wildman–Crippen MR) is 87.0 cm³/mol. The Bertz CT molecular complexity index is 830. The molecule has 0 atom stereocenters. The number of hydrogen-bond acceptors (Lipinski definition) is 3. The molecule has 5 nitrogen and oxygen atoms in total. The van der Waals surface area contributed by atoms with Gasteiger partial charge >= 0.3 is 0 Å². The van der Waals surface area contributed by atoms with Gasteiger partial charge in [0.25, 0.3) is 5.91 Å². The van der Waals surface area contributed by atoms with Crippen molar-refractivity contribution in [3.8, 4) is 0 Å². The van der Waals surface area contributed by atoms with E-state index in [4.69, 9.17) is 0 Å². The fourth-order valence-electron chi connectivity index (χ4n) is 2.51. The largest absolute Gasteiger partial charge is 0.319 e. The average molecular weight is 294 g/mol. The Morgan fingerprint density at radius 2 is 2.00 bits per heavy atom. The van der Waals surface area contributed by atoms with Crippen molar-refractivity contribution >= 4 is 22.5 Å². The molecule has 0 aliphatic rings. The number of carbonyl (C=O) groups excluding carboxylic acids is 1. The Balaban J connectivity index is 1.92. The van der Waals surface area contributed by atoms with Crippen LogP contribution in [0.5, 0.6) is 0 Å². The Labute approximate surface area is 129 Å². The first kappa shape index (κ1) is 14.3. The van der Waals surface area contributed by atoms with E-state index < -0.39 is 0 Å². The molecule has 0 unspecified atom stereocenters. The van der Waals surface area contributed by atoms with Crippen molar-refractivity contribution in [3.63, 3.8) is 0 Å². The van der Waals surface area contributed by atoms with Crippen LogP contribution in [-0.4, -0.2) is 20.7 Å². The van der Waals surface area contributed by atoms with Gasteiger partial charge in [0.2, 0.25) is 0 Å². The van der Waals surface area contributed by atoms with Crippen LogP contribution in [0.4, 0.5) is 5.69 Å². The number of nitrogens with one attached hydrogen (secondary N) is 1. The Morgan fingerprint density at radius 1 is 1.23 bits per heavy atom. The lowest BCUT2D eigenvalue weighted by Crippen LogP contribution is -2.14. The maximum atomic E-state index is 12.4. The van der Waals surface area contributed by atoms with Crippen LogP contribution in [0.1, 0.15) is 36.1 Å². The molecule has 1 amide bonds. The van der Waals surface area contributed by atoms with Crippen LogP contribution >= 0.6 is 0 Å². The van der Waals surface area contributed by atoms with Gasteiger partial charge in [0, 0.05) is 23.3 Å². The van der Waals surface area contributed by atoms with E-state index in [-0.39, 0.29) is 11.9 Å². The van der Waals surface area contributed by atoms with Gasteiger partial charge in [-0.3, -0.25) is 14.5 Å². The third-order valence-electron chi connectivity index (χ3n) is 3.53. The van der Waals surface area contributed by atoms with Crippen LogP contribution < -0.4 is 5.32 Å². The maximum absolute atomic E-state index is 12.4. The first-order chi connectivity index (χ1) is 10.6. The van der Waals surface area contributed by atoms with Gasteiger partial charge < -0.3 is 5.32 Å². The number of para-hydroxylation sites is 1. The molecule has 3 aromatic rings. The van der Waals surface area contributed by atoms with E-state index in [0.717, 1.165) is 16.6 Å². The van der Waals surface area contributed by atoms with E-state index in [0.29, 0.717) is 11.4 Å². The summed E-state index contributed by atoms with van der Waals surface area (Å²) < 4.78 is 1.84. The van der Waals surface area contributed by atoms with Gasteiger partial charge in [0.05, 0.1) is 11.2 Å². The van der Waals surface area contributed by atoms with E-state index in [2.05, 4.69) is 15.4 Å². The standard InChI is InChI=1S/C17H18N4O/c1-11(2)21-12(3)10-15(20-21)17(22)19-14-8-4-6-13-7-5-9-18-16(13)14/h4-11H,1-3H3,(H,19,22). The molecule has 2 heterocycles. The molecule has 112 valence electrons. The fraction of sp³-hybridized carbons (Fsp3) is 0.235. The summed E-state index contributed by atoms with van der Waals surface area (Å²) in [5.41, 5.74) is 2.86. The number of benzene rings is 1. The van der Waals surface area contributed by atoms with Crippen molar-refractivity contribution in [2.45, 2.75) is 26.8 Å². The Kier molecular flexibility index (Phi) is 3.63. The van der Waals surface area contributed by atoms with E-state index >= 15 is 0 Å². The van der Waals surface area contributed by atoms with Crippen LogP contribution in [0.25, 0.3) is 10.9 Å². The van der Waals surface area contributed by atoms with Gasteiger partial charge in [0.15, 0.2) is 5.69 Å². The van der Waals surface area contributed by atoms with E-state index in [1.165, 1.54) is 0 Å². The van der Waals surface area contributed by atoms with Gasteiger partial charge in [-0.2, -0.15) is 5.10 Å². The fourth-order valence-corrected chi connectivity index (χ4v) is 2.51. The van der Waals surface area contributed by atoms with Gasteiger partial charge in [-0.15, -0.1) is 0 Å². The predicted octanol–water partition coefficient (Wildman–Crippen LogP) is 3.57. The Hall–Kier alpha value is -2.69. The van der Waals surface area contributed by atoms with Crippen molar-refractivity contribution in [3.05, 3.63) is 54.0 Å². The summed E-state index contributed by atoms with van der Waals surface area (Å²) >= 11 is 0. The molecule has 1 N–H and O–H groups in total. The van der Waals surface area contributed by atoms with Crippen LogP contribution in [0.15, 0.2) is 42.6 Å². The molecule has 0 aliphatic heterocycles. The number of anilines is 1. The summed E-state index contributed by atoms with van der Waals surface area (Å²) in [6.07, 6.45) is 1.72. The van der Waals surface area contributed by atoms with Crippen LogP contribution in [0.2, 0.25) is 0 Å². The number of nitrogens with zero attached hydrogens (tertiary/aromatic N) is 3. The lowest BCUT2D eigenvalue weighted by molar-refractivity contribution is 0.102. The quantitative estimate of drug-likeness (QED) is 0.803. The van der Waals surface area contributed by atoms with Gasteiger partial charge in [-0.05, 0) is 39.0 Å². The third kappa shape index (κ3) is 2.57. The second kappa shape index (κ2) is 5.60. The summed E-state index contributed by atoms with van der Waals surface area (Å²) in [6.45, 7) is 6.02. The third-order valence-corrected chi connectivity index (χ3v) is 3.53. The molecule has 0 saturated heterocycles. The van der Waals surface area contributed by atoms with Crippen molar-refractivity contribution < 1.29 is 4.79 Å². The van der Waals surface area contributed by atoms with Crippen molar-refractivity contribution in [2.75, 3.05) is 5.32 Å². The highest BCUT2D eigenvalue weighted by molar-refractivity contribution is 6.07. The van der Waals surface area contributed by atoms with Crippen LogP contribution in [-0.2, 0) is 0 Å². The van der Waals surface area contributed by atoms with Crippen LogP contribution in [0, 0.1) is 6.92 Å². The number of aryl methyl sites for hydroxylation is 1. The number of rotatable bonds is 3. The summed E-state index contributed by atoms with van der Waals surface area (Å²) in [7, 11) is 0. The highest BCUT2D eigenvalue weighted by atomic mass is 16.2. The summed E-state index contributed by atoms with van der Waals surface area (Å²) in [5, 5.41) is 8.26. The van der Waals surface area contributed by atoms with Crippen molar-refractivity contribution in [1.29, 1.82) is 0 Å². The molecular formula is C17H18N4O. The van der Waals surface area contributed by atoms with E-state index in [9.17, 15) is 4.79 Å². The van der Waals surface area contributed by atoms with Crippen molar-refractivity contribution in [2.24, 2.45) is 0 Å². The highest BCUT2D eigenvalue weighted by Crippen LogP contribution is 2.21. The number of amides is 1. The van der Waals surface area contributed by atoms with Crippen molar-refractivity contribution in [1.82, 2.24) is 14.8 Å². The Morgan fingerprint density at radius 3 is 2.73 bits per heavy atom. The lowest BCUT2D eigenvalue weighted by atomic mass is 10.2. The van der Waals surface area contributed by atoms with E-state index in [1.807, 2.05) is 55.8 Å². The number of pyridine rings is 1. The second-order valence-corrected chi connectivity index (χ2v) is 5.54. The monoisotopic (exact) mass is 294 g/mol. The second-order valence-electron chi connectivity index (χ2n) is 5.54. The number of carbonyl (C=O) groups is 1. The van der Waals surface area contributed by atoms with Gasteiger partial charge in [-0.1, -0.05) is 18.2 Å². The molecule has 2 aromatic heterocycles. The zero-order chi connectivity index (χ0) is 15.7. The van der Waals surface area contributed by atoms with Crippen LogP contribution in [0.3, 0.4) is 0 Å². The molecular weight excluding hydrogens is 276 g/mol. The molecule has 5 heteroatoms. The summed E-state index contributed by atoms with van der Waals surface area (Å²) in [5.74, 6) is -0.222. The highest BCUT2D eigenvalue weighted by Gasteiger charge is 2.15. The molecule has 0 fully saturated rings. The first-order valence-corrected chi connectivity index (χ1v) is 7.27. The summed E-state index contributed by atoms with van der Waals surface area (Å²) in [4.78, 5) is 16.8. The zero-order valence-corrected chi connectivity index (χ0v) is 12.9. The lowest BCUT2D eigenvalue weighted by Gasteiger charge is -2.08. The SMILES string of the molecule is Cc1cc(C(=O)Nc2cccc3cccnc23)nn1C(C)C. The molecule has 0 bridgehead atoms. The topological polar surface area (TPSA) is 59.8 Å². The molecule has 0 radical (unpaired) electrons.